The molecule has 1 aromatic heterocycles. The molecular weight excluding hydrogens is 348 g/mol. The molecule has 0 fully saturated rings. The maximum absolute atomic E-state index is 11.1. The molecule has 3 rings (SSSR count). The molecule has 0 atom stereocenters. The summed E-state index contributed by atoms with van der Waals surface area (Å²) < 4.78 is 12.1. The molecule has 1 heterocycles. The summed E-state index contributed by atoms with van der Waals surface area (Å²) in [6, 6.07) is 14.8. The van der Waals surface area contributed by atoms with Crippen LogP contribution < -0.4 is 9.47 Å². The first-order valence-electron chi connectivity index (χ1n) is 8.20. The van der Waals surface area contributed by atoms with Crippen molar-refractivity contribution < 1.29 is 19.4 Å². The predicted molar refractivity (Wildman–Crippen MR) is 99.4 cm³/mol. The molecule has 0 aliphatic rings. The Balaban J connectivity index is 2.04. The summed E-state index contributed by atoms with van der Waals surface area (Å²) in [6.45, 7) is 0.0850. The van der Waals surface area contributed by atoms with Crippen molar-refractivity contribution in [1.82, 2.24) is 19.7 Å². The van der Waals surface area contributed by atoms with Crippen LogP contribution in [0.25, 0.3) is 17.1 Å². The summed E-state index contributed by atoms with van der Waals surface area (Å²) >= 11 is 0. The number of aromatic nitrogens is 3. The van der Waals surface area contributed by atoms with Crippen LogP contribution in [0.3, 0.4) is 0 Å². The number of carboxylic acid groups (broad SMARTS) is 1. The van der Waals surface area contributed by atoms with E-state index >= 15 is 0 Å². The lowest BCUT2D eigenvalue weighted by Crippen LogP contribution is -2.24. The molecular formula is C19H20N4O4. The molecule has 1 amide bonds. The molecule has 27 heavy (non-hydrogen) atoms. The normalized spacial score (nSPS) is 10.5. The lowest BCUT2D eigenvalue weighted by atomic mass is 10.2. The van der Waals surface area contributed by atoms with Gasteiger partial charge in [0.1, 0.15) is 11.5 Å². The second-order valence-corrected chi connectivity index (χ2v) is 5.83. The van der Waals surface area contributed by atoms with Gasteiger partial charge in [0.2, 0.25) is 0 Å². The van der Waals surface area contributed by atoms with Crippen LogP contribution >= 0.6 is 0 Å². The SMILES string of the molecule is COc1ccc(-c2nc(CN(C)C(=O)O)nn2-c2ccc(OC)cc2)cc1. The van der Waals surface area contributed by atoms with Crippen molar-refractivity contribution >= 4 is 6.09 Å². The van der Waals surface area contributed by atoms with E-state index in [1.54, 1.807) is 18.9 Å². The van der Waals surface area contributed by atoms with Crippen LogP contribution in [0.1, 0.15) is 5.82 Å². The quantitative estimate of drug-likeness (QED) is 0.719. The highest BCUT2D eigenvalue weighted by molar-refractivity contribution is 5.64. The Bertz CT molecular complexity index is 855. The minimum Gasteiger partial charge on any atom is -0.497 e. The van der Waals surface area contributed by atoms with Crippen LogP contribution in [0.2, 0.25) is 0 Å². The summed E-state index contributed by atoms with van der Waals surface area (Å²) in [5, 5.41) is 13.6. The highest BCUT2D eigenvalue weighted by atomic mass is 16.5. The first-order valence-corrected chi connectivity index (χ1v) is 8.20. The zero-order chi connectivity index (χ0) is 19.4. The maximum atomic E-state index is 11.1. The van der Waals surface area contributed by atoms with E-state index in [2.05, 4.69) is 10.1 Å². The van der Waals surface area contributed by atoms with Crippen molar-refractivity contribution in [1.29, 1.82) is 0 Å². The third kappa shape index (κ3) is 4.00. The monoisotopic (exact) mass is 368 g/mol. The third-order valence-corrected chi connectivity index (χ3v) is 4.02. The molecule has 140 valence electrons. The molecule has 0 saturated carbocycles. The predicted octanol–water partition coefficient (Wildman–Crippen LogP) is 3.06. The van der Waals surface area contributed by atoms with Gasteiger partial charge >= 0.3 is 6.09 Å². The second kappa shape index (κ2) is 7.77. The molecule has 0 aliphatic heterocycles. The molecule has 3 aromatic rings. The average Bonchev–Trinajstić information content (AvgIpc) is 3.11. The van der Waals surface area contributed by atoms with E-state index in [0.717, 1.165) is 27.6 Å². The van der Waals surface area contributed by atoms with Gasteiger partial charge in [-0.3, -0.25) is 0 Å². The molecule has 0 spiro atoms. The standard InChI is InChI=1S/C19H20N4O4/c1-22(19(24)25)12-17-20-18(13-4-8-15(26-2)9-5-13)23(21-17)14-6-10-16(27-3)11-7-14/h4-11H,12H2,1-3H3,(H,24,25). The van der Waals surface area contributed by atoms with Gasteiger partial charge in [0, 0.05) is 12.6 Å². The molecule has 8 nitrogen and oxygen atoms in total. The van der Waals surface area contributed by atoms with Gasteiger partial charge in [0.05, 0.1) is 26.5 Å². The highest BCUT2D eigenvalue weighted by Crippen LogP contribution is 2.25. The molecule has 0 aliphatic carbocycles. The van der Waals surface area contributed by atoms with Crippen molar-refractivity contribution in [2.45, 2.75) is 6.54 Å². The minimum atomic E-state index is -1.04. The van der Waals surface area contributed by atoms with Crippen LogP contribution in [0.15, 0.2) is 48.5 Å². The number of amides is 1. The van der Waals surface area contributed by atoms with Crippen LogP contribution in [-0.4, -0.2) is 52.1 Å². The van der Waals surface area contributed by atoms with Crippen molar-refractivity contribution in [3.8, 4) is 28.6 Å². The fraction of sp³-hybridized carbons (Fsp3) is 0.211. The Morgan fingerprint density at radius 3 is 2.11 bits per heavy atom. The first kappa shape index (κ1) is 18.2. The van der Waals surface area contributed by atoms with E-state index in [1.165, 1.54) is 7.05 Å². The second-order valence-electron chi connectivity index (χ2n) is 5.83. The van der Waals surface area contributed by atoms with E-state index < -0.39 is 6.09 Å². The largest absolute Gasteiger partial charge is 0.497 e. The van der Waals surface area contributed by atoms with Gasteiger partial charge in [-0.25, -0.2) is 14.5 Å². The molecule has 0 saturated heterocycles. The summed E-state index contributed by atoms with van der Waals surface area (Å²) in [5.41, 5.74) is 1.63. The molecule has 0 unspecified atom stereocenters. The smallest absolute Gasteiger partial charge is 0.407 e. The van der Waals surface area contributed by atoms with Gasteiger partial charge < -0.3 is 19.5 Å². The van der Waals surface area contributed by atoms with Gasteiger partial charge in [-0.05, 0) is 48.5 Å². The van der Waals surface area contributed by atoms with Gasteiger partial charge in [-0.15, -0.1) is 5.10 Å². The number of benzene rings is 2. The van der Waals surface area contributed by atoms with E-state index in [1.807, 2.05) is 48.5 Å². The van der Waals surface area contributed by atoms with Crippen LogP contribution in [-0.2, 0) is 6.54 Å². The summed E-state index contributed by atoms with van der Waals surface area (Å²) in [7, 11) is 4.69. The number of rotatable bonds is 6. The third-order valence-electron chi connectivity index (χ3n) is 4.02. The summed E-state index contributed by atoms with van der Waals surface area (Å²) in [6.07, 6.45) is -1.04. The number of nitrogens with zero attached hydrogens (tertiary/aromatic N) is 4. The van der Waals surface area contributed by atoms with Crippen molar-refractivity contribution in [2.75, 3.05) is 21.3 Å². The molecule has 1 N–H and O–H groups in total. The van der Waals surface area contributed by atoms with Crippen LogP contribution in [0.5, 0.6) is 11.5 Å². The summed E-state index contributed by atoms with van der Waals surface area (Å²) in [5.74, 6) is 2.48. The topological polar surface area (TPSA) is 89.7 Å². The van der Waals surface area contributed by atoms with E-state index in [9.17, 15) is 4.79 Å². The fourth-order valence-electron chi connectivity index (χ4n) is 2.53. The zero-order valence-corrected chi connectivity index (χ0v) is 15.3. The number of methoxy groups -OCH3 is 2. The van der Waals surface area contributed by atoms with Gasteiger partial charge in [-0.1, -0.05) is 0 Å². The van der Waals surface area contributed by atoms with Crippen molar-refractivity contribution in [2.24, 2.45) is 0 Å². The van der Waals surface area contributed by atoms with Gasteiger partial charge in [0.15, 0.2) is 11.6 Å². The number of carbonyl (C=O) groups is 1. The number of hydrogen-bond acceptors (Lipinski definition) is 5. The Labute approximate surface area is 156 Å². The zero-order valence-electron chi connectivity index (χ0n) is 15.3. The van der Waals surface area contributed by atoms with E-state index in [-0.39, 0.29) is 6.54 Å². The van der Waals surface area contributed by atoms with Crippen molar-refractivity contribution in [3.05, 3.63) is 54.4 Å². The molecule has 0 bridgehead atoms. The van der Waals surface area contributed by atoms with Gasteiger partial charge in [-0.2, -0.15) is 0 Å². The first-order chi connectivity index (χ1) is 13.0. The van der Waals surface area contributed by atoms with E-state index in [0.29, 0.717) is 11.6 Å². The fourth-order valence-corrected chi connectivity index (χ4v) is 2.53. The Hall–Kier alpha value is -3.55. The highest BCUT2D eigenvalue weighted by Gasteiger charge is 2.17. The molecule has 8 heteroatoms. The molecule has 2 aromatic carbocycles. The van der Waals surface area contributed by atoms with Crippen LogP contribution in [0, 0.1) is 0 Å². The van der Waals surface area contributed by atoms with E-state index in [4.69, 9.17) is 14.6 Å². The Kier molecular flexibility index (Phi) is 5.25. The number of ether oxygens (including phenoxy) is 2. The Morgan fingerprint density at radius 1 is 1.04 bits per heavy atom. The van der Waals surface area contributed by atoms with Crippen molar-refractivity contribution in [3.63, 3.8) is 0 Å². The average molecular weight is 368 g/mol. The maximum Gasteiger partial charge on any atom is 0.407 e. The van der Waals surface area contributed by atoms with Gasteiger partial charge in [0.25, 0.3) is 0 Å². The lowest BCUT2D eigenvalue weighted by molar-refractivity contribution is 0.152. The lowest BCUT2D eigenvalue weighted by Gasteiger charge is -2.09. The number of hydrogen-bond donors (Lipinski definition) is 1. The Morgan fingerprint density at radius 2 is 1.59 bits per heavy atom. The summed E-state index contributed by atoms with van der Waals surface area (Å²) in [4.78, 5) is 16.8. The minimum absolute atomic E-state index is 0.0850. The molecule has 0 radical (unpaired) electrons. The van der Waals surface area contributed by atoms with Crippen LogP contribution in [0.4, 0.5) is 4.79 Å².